The maximum absolute atomic E-state index is 12.7. The highest BCUT2D eigenvalue weighted by Crippen LogP contribution is 2.31. The largest absolute Gasteiger partial charge is 0.337 e. The van der Waals surface area contributed by atoms with E-state index in [0.717, 1.165) is 23.9 Å². The minimum absolute atomic E-state index is 0.0333. The summed E-state index contributed by atoms with van der Waals surface area (Å²) in [5, 5.41) is 12.6. The van der Waals surface area contributed by atoms with Gasteiger partial charge in [-0.1, -0.05) is 24.2 Å². The summed E-state index contributed by atoms with van der Waals surface area (Å²) in [6.45, 7) is 2.77. The number of aromatic nitrogens is 5. The van der Waals surface area contributed by atoms with E-state index >= 15 is 0 Å². The summed E-state index contributed by atoms with van der Waals surface area (Å²) in [6, 6.07) is 7.43. The molecular weight excluding hydrogens is 308 g/mol. The number of aryl methyl sites for hydroxylation is 1. The van der Waals surface area contributed by atoms with Crippen molar-refractivity contribution >= 4 is 16.9 Å². The van der Waals surface area contributed by atoms with Gasteiger partial charge in [0.15, 0.2) is 5.82 Å². The zero-order valence-electron chi connectivity index (χ0n) is 13.4. The van der Waals surface area contributed by atoms with Gasteiger partial charge in [-0.25, -0.2) is 0 Å². The number of carbonyl (C=O) groups is 1. The molecule has 0 unspecified atom stereocenters. The summed E-state index contributed by atoms with van der Waals surface area (Å²) >= 11 is 0. The third kappa shape index (κ3) is 2.64. The first kappa shape index (κ1) is 14.8. The molecule has 2 aromatic heterocycles. The lowest BCUT2D eigenvalue weighted by molar-refractivity contribution is -0.133. The highest BCUT2D eigenvalue weighted by Gasteiger charge is 2.34. The van der Waals surface area contributed by atoms with Crippen molar-refractivity contribution in [2.75, 3.05) is 6.54 Å². The first-order chi connectivity index (χ1) is 11.7. The van der Waals surface area contributed by atoms with Crippen molar-refractivity contribution in [1.82, 2.24) is 30.0 Å². The minimum Gasteiger partial charge on any atom is -0.337 e. The van der Waals surface area contributed by atoms with E-state index < -0.39 is 0 Å². The van der Waals surface area contributed by atoms with Crippen LogP contribution in [-0.4, -0.2) is 42.5 Å². The number of benzene rings is 1. The van der Waals surface area contributed by atoms with Crippen molar-refractivity contribution in [3.05, 3.63) is 36.0 Å². The molecule has 8 nitrogen and oxygen atoms in total. The van der Waals surface area contributed by atoms with Crippen molar-refractivity contribution < 1.29 is 9.32 Å². The molecular formula is C16H18N6O2. The molecule has 3 heterocycles. The van der Waals surface area contributed by atoms with Crippen LogP contribution in [-0.2, 0) is 17.8 Å². The third-order valence-corrected chi connectivity index (χ3v) is 4.26. The fraction of sp³-hybridized carbons (Fsp3) is 0.438. The maximum atomic E-state index is 12.7. The molecule has 0 spiro atoms. The van der Waals surface area contributed by atoms with E-state index in [9.17, 15) is 4.79 Å². The molecule has 0 saturated carbocycles. The van der Waals surface area contributed by atoms with E-state index in [1.165, 1.54) is 4.80 Å². The van der Waals surface area contributed by atoms with Gasteiger partial charge in [-0.2, -0.15) is 20.0 Å². The number of amides is 1. The van der Waals surface area contributed by atoms with Crippen LogP contribution in [0.2, 0.25) is 0 Å². The van der Waals surface area contributed by atoms with E-state index in [1.54, 1.807) is 4.90 Å². The van der Waals surface area contributed by atoms with E-state index in [0.29, 0.717) is 24.7 Å². The molecule has 1 atom stereocenters. The molecule has 3 aromatic rings. The number of carbonyl (C=O) groups excluding carboxylic acids is 1. The monoisotopic (exact) mass is 326 g/mol. The molecule has 1 amide bonds. The Labute approximate surface area is 138 Å². The van der Waals surface area contributed by atoms with Crippen LogP contribution in [0.3, 0.4) is 0 Å². The van der Waals surface area contributed by atoms with Crippen LogP contribution in [0.15, 0.2) is 28.8 Å². The number of likely N-dealkylation sites (tertiary alicyclic amines) is 1. The van der Waals surface area contributed by atoms with Gasteiger partial charge in [0, 0.05) is 13.0 Å². The van der Waals surface area contributed by atoms with Crippen LogP contribution >= 0.6 is 0 Å². The average Bonchev–Trinajstić information content (AvgIpc) is 3.31. The van der Waals surface area contributed by atoms with Gasteiger partial charge in [-0.15, -0.1) is 0 Å². The topological polar surface area (TPSA) is 89.9 Å². The second-order valence-corrected chi connectivity index (χ2v) is 5.87. The Balaban J connectivity index is 1.52. The van der Waals surface area contributed by atoms with Crippen LogP contribution in [0.25, 0.3) is 11.0 Å². The predicted octanol–water partition coefficient (Wildman–Crippen LogP) is 1.74. The molecule has 1 aliphatic rings. The minimum atomic E-state index is -0.143. The fourth-order valence-corrected chi connectivity index (χ4v) is 3.06. The molecule has 1 saturated heterocycles. The average molecular weight is 326 g/mol. The SMILES string of the molecule is CCc1noc([C@@H]2CCCN2C(=O)Cn2nc3ccccc3n2)n1. The molecule has 0 radical (unpaired) electrons. The molecule has 1 aromatic carbocycles. The van der Waals surface area contributed by atoms with Crippen molar-refractivity contribution in [3.8, 4) is 0 Å². The summed E-state index contributed by atoms with van der Waals surface area (Å²) < 4.78 is 5.33. The number of fused-ring (bicyclic) bond motifs is 1. The highest BCUT2D eigenvalue weighted by molar-refractivity contribution is 5.77. The van der Waals surface area contributed by atoms with E-state index in [4.69, 9.17) is 4.52 Å². The van der Waals surface area contributed by atoms with Gasteiger partial charge < -0.3 is 9.42 Å². The molecule has 0 bridgehead atoms. The van der Waals surface area contributed by atoms with Crippen LogP contribution in [0.1, 0.15) is 37.5 Å². The lowest BCUT2D eigenvalue weighted by atomic mass is 10.2. The number of rotatable bonds is 4. The number of hydrogen-bond donors (Lipinski definition) is 0. The molecule has 1 aliphatic heterocycles. The summed E-state index contributed by atoms with van der Waals surface area (Å²) in [4.78, 5) is 20.3. The van der Waals surface area contributed by atoms with E-state index in [2.05, 4.69) is 20.3 Å². The fourth-order valence-electron chi connectivity index (χ4n) is 3.06. The van der Waals surface area contributed by atoms with Crippen molar-refractivity contribution in [1.29, 1.82) is 0 Å². The van der Waals surface area contributed by atoms with Crippen LogP contribution in [0.4, 0.5) is 0 Å². The van der Waals surface area contributed by atoms with Crippen molar-refractivity contribution in [2.45, 2.75) is 38.8 Å². The van der Waals surface area contributed by atoms with Gasteiger partial charge in [-0.05, 0) is 25.0 Å². The second kappa shape index (κ2) is 6.03. The van der Waals surface area contributed by atoms with Gasteiger partial charge in [-0.3, -0.25) is 4.79 Å². The van der Waals surface area contributed by atoms with E-state index in [-0.39, 0.29) is 18.5 Å². The smallest absolute Gasteiger partial charge is 0.249 e. The Morgan fingerprint density at radius 3 is 2.71 bits per heavy atom. The Morgan fingerprint density at radius 1 is 1.29 bits per heavy atom. The Hall–Kier alpha value is -2.77. The van der Waals surface area contributed by atoms with Crippen LogP contribution in [0.5, 0.6) is 0 Å². The molecule has 124 valence electrons. The van der Waals surface area contributed by atoms with Crippen LogP contribution in [0, 0.1) is 0 Å². The molecule has 1 fully saturated rings. The summed E-state index contributed by atoms with van der Waals surface area (Å²) in [6.07, 6.45) is 2.48. The number of hydrogen-bond acceptors (Lipinski definition) is 6. The van der Waals surface area contributed by atoms with Gasteiger partial charge in [0.1, 0.15) is 23.6 Å². The predicted molar refractivity (Wildman–Crippen MR) is 84.9 cm³/mol. The van der Waals surface area contributed by atoms with Gasteiger partial charge in [0.2, 0.25) is 11.8 Å². The van der Waals surface area contributed by atoms with Gasteiger partial charge >= 0.3 is 0 Å². The Kier molecular flexibility index (Phi) is 3.72. The summed E-state index contributed by atoms with van der Waals surface area (Å²) in [5.41, 5.74) is 1.57. The molecule has 24 heavy (non-hydrogen) atoms. The van der Waals surface area contributed by atoms with Gasteiger partial charge in [0.05, 0.1) is 0 Å². The van der Waals surface area contributed by atoms with Crippen LogP contribution < -0.4 is 0 Å². The lowest BCUT2D eigenvalue weighted by Crippen LogP contribution is -2.34. The summed E-state index contributed by atoms with van der Waals surface area (Å²) in [5.74, 6) is 1.16. The molecule has 4 rings (SSSR count). The number of nitrogens with zero attached hydrogens (tertiary/aromatic N) is 6. The zero-order chi connectivity index (χ0) is 16.5. The van der Waals surface area contributed by atoms with Gasteiger partial charge in [0.25, 0.3) is 0 Å². The zero-order valence-corrected chi connectivity index (χ0v) is 13.4. The summed E-state index contributed by atoms with van der Waals surface area (Å²) in [7, 11) is 0. The van der Waals surface area contributed by atoms with Crippen molar-refractivity contribution in [3.63, 3.8) is 0 Å². The molecule has 0 N–H and O–H groups in total. The second-order valence-electron chi connectivity index (χ2n) is 5.87. The Bertz CT molecular complexity index is 837. The third-order valence-electron chi connectivity index (χ3n) is 4.26. The molecule has 0 aliphatic carbocycles. The highest BCUT2D eigenvalue weighted by atomic mass is 16.5. The normalized spacial score (nSPS) is 17.7. The van der Waals surface area contributed by atoms with Crippen molar-refractivity contribution in [2.24, 2.45) is 0 Å². The standard InChI is InChI=1S/C16H18N6O2/c1-2-14-17-16(24-20-14)13-8-5-9-21(13)15(23)10-22-18-11-6-3-4-7-12(11)19-22/h3-4,6-7,13H,2,5,8-10H2,1H3/t13-/m0/s1. The Morgan fingerprint density at radius 2 is 2.04 bits per heavy atom. The maximum Gasteiger partial charge on any atom is 0.249 e. The lowest BCUT2D eigenvalue weighted by Gasteiger charge is -2.21. The first-order valence-corrected chi connectivity index (χ1v) is 8.16. The van der Waals surface area contributed by atoms with E-state index in [1.807, 2.05) is 31.2 Å². The molecule has 8 heteroatoms. The quantitative estimate of drug-likeness (QED) is 0.725. The first-order valence-electron chi connectivity index (χ1n) is 8.16.